The number of tetrazole rings is 1. The summed E-state index contributed by atoms with van der Waals surface area (Å²) in [6, 6.07) is 0. The number of aromatic nitrogens is 4. The molecule has 0 spiro atoms. The van der Waals surface area contributed by atoms with Crippen molar-refractivity contribution in [2.24, 2.45) is 0 Å². The zero-order chi connectivity index (χ0) is 10.7. The summed E-state index contributed by atoms with van der Waals surface area (Å²) < 4.78 is 6.04. The predicted octanol–water partition coefficient (Wildman–Crippen LogP) is 0.491. The fraction of sp³-hybridized carbons (Fsp3) is 0.750. The van der Waals surface area contributed by atoms with Gasteiger partial charge in [-0.25, -0.2) is 4.68 Å². The summed E-state index contributed by atoms with van der Waals surface area (Å²) >= 11 is 1.64. The number of carbonyl (C=O) groups is 1. The van der Waals surface area contributed by atoms with E-state index >= 15 is 0 Å². The molecule has 6 nitrogen and oxygen atoms in total. The lowest BCUT2D eigenvalue weighted by molar-refractivity contribution is -0.141. The summed E-state index contributed by atoms with van der Waals surface area (Å²) in [4.78, 5) is 11.1. The van der Waals surface area contributed by atoms with Gasteiger partial charge in [0.15, 0.2) is 0 Å². The number of nitrogens with zero attached hydrogens (tertiary/aromatic N) is 4. The third-order valence-corrected chi connectivity index (χ3v) is 3.64. The first-order valence-corrected chi connectivity index (χ1v) is 5.67. The lowest BCUT2D eigenvalue weighted by atomic mass is 10.0. The van der Waals surface area contributed by atoms with Gasteiger partial charge in [-0.3, -0.25) is 4.79 Å². The van der Waals surface area contributed by atoms with Crippen molar-refractivity contribution in [1.82, 2.24) is 20.2 Å². The number of rotatable bonds is 4. The fourth-order valence-corrected chi connectivity index (χ4v) is 2.38. The second-order valence-electron chi connectivity index (χ2n) is 3.37. The van der Waals surface area contributed by atoms with Crippen LogP contribution in [0.1, 0.15) is 19.3 Å². The minimum atomic E-state index is -0.335. The molecule has 7 heteroatoms. The number of carbonyl (C=O) groups excluding carboxylic acids is 1. The molecular formula is C8H12N4O2S. The highest BCUT2D eigenvalue weighted by atomic mass is 32.2. The normalized spacial score (nSPS) is 16.1. The van der Waals surface area contributed by atoms with Gasteiger partial charge >= 0.3 is 5.97 Å². The van der Waals surface area contributed by atoms with E-state index in [2.05, 4.69) is 20.3 Å². The molecule has 0 atom stereocenters. The minimum Gasteiger partial charge on any atom is -0.468 e. The third-order valence-electron chi connectivity index (χ3n) is 2.33. The molecule has 0 aliphatic heterocycles. The van der Waals surface area contributed by atoms with Gasteiger partial charge in [0.05, 0.1) is 7.11 Å². The number of methoxy groups -OCH3 is 1. The topological polar surface area (TPSA) is 69.9 Å². The Morgan fingerprint density at radius 1 is 1.67 bits per heavy atom. The van der Waals surface area contributed by atoms with Gasteiger partial charge in [0.1, 0.15) is 6.54 Å². The molecule has 1 fully saturated rings. The Morgan fingerprint density at radius 3 is 3.07 bits per heavy atom. The van der Waals surface area contributed by atoms with Crippen LogP contribution in [0.25, 0.3) is 0 Å². The minimum absolute atomic E-state index is 0.0819. The summed E-state index contributed by atoms with van der Waals surface area (Å²) in [5.74, 6) is -0.335. The molecule has 1 aromatic heterocycles. The standard InChI is InChI=1S/C8H12N4O2S/c1-14-7(13)5-12-8(9-10-11-12)15-6-3-2-4-6/h6H,2-5H2,1H3. The Labute approximate surface area is 91.4 Å². The second-order valence-corrected chi connectivity index (χ2v) is 4.63. The second kappa shape index (κ2) is 4.61. The Balaban J connectivity index is 1.97. The Hall–Kier alpha value is -1.11. The van der Waals surface area contributed by atoms with Gasteiger partial charge in [0, 0.05) is 5.25 Å². The molecule has 1 aliphatic carbocycles. The lowest BCUT2D eigenvalue weighted by Crippen LogP contribution is -2.17. The molecule has 1 aliphatic rings. The van der Waals surface area contributed by atoms with Crippen LogP contribution in [0, 0.1) is 0 Å². The summed E-state index contributed by atoms with van der Waals surface area (Å²) in [7, 11) is 1.35. The number of hydrogen-bond acceptors (Lipinski definition) is 6. The van der Waals surface area contributed by atoms with E-state index in [1.54, 1.807) is 11.8 Å². The number of hydrogen-bond donors (Lipinski definition) is 0. The van der Waals surface area contributed by atoms with Crippen molar-refractivity contribution >= 4 is 17.7 Å². The molecule has 0 aromatic carbocycles. The molecule has 0 unspecified atom stereocenters. The van der Waals surface area contributed by atoms with Crippen LogP contribution in [0.3, 0.4) is 0 Å². The van der Waals surface area contributed by atoms with E-state index < -0.39 is 0 Å². The molecule has 0 N–H and O–H groups in total. The van der Waals surface area contributed by atoms with Gasteiger partial charge < -0.3 is 4.74 Å². The summed E-state index contributed by atoms with van der Waals surface area (Å²) in [6.07, 6.45) is 3.68. The maximum absolute atomic E-state index is 11.1. The van der Waals surface area contributed by atoms with Crippen molar-refractivity contribution in [2.45, 2.75) is 36.2 Å². The van der Waals surface area contributed by atoms with Crippen molar-refractivity contribution in [3.8, 4) is 0 Å². The van der Waals surface area contributed by atoms with Gasteiger partial charge in [0.2, 0.25) is 5.16 Å². The van der Waals surface area contributed by atoms with Crippen LogP contribution < -0.4 is 0 Å². The number of esters is 1. The summed E-state index contributed by atoms with van der Waals surface area (Å²) in [6.45, 7) is 0.0819. The molecule has 2 rings (SSSR count). The molecule has 1 saturated carbocycles. The molecule has 0 radical (unpaired) electrons. The van der Waals surface area contributed by atoms with E-state index in [1.807, 2.05) is 0 Å². The van der Waals surface area contributed by atoms with E-state index in [0.717, 1.165) is 0 Å². The molecule has 1 heterocycles. The van der Waals surface area contributed by atoms with E-state index in [9.17, 15) is 4.79 Å². The van der Waals surface area contributed by atoms with E-state index in [1.165, 1.54) is 31.1 Å². The molecule has 0 bridgehead atoms. The highest BCUT2D eigenvalue weighted by molar-refractivity contribution is 7.99. The number of ether oxygens (including phenoxy) is 1. The van der Waals surface area contributed by atoms with Crippen LogP contribution in [-0.2, 0) is 16.1 Å². The lowest BCUT2D eigenvalue weighted by Gasteiger charge is -2.23. The van der Waals surface area contributed by atoms with Crippen LogP contribution >= 0.6 is 11.8 Å². The average molecular weight is 228 g/mol. The SMILES string of the molecule is COC(=O)Cn1nnnc1SC1CCC1. The number of thioether (sulfide) groups is 1. The third kappa shape index (κ3) is 2.47. The van der Waals surface area contributed by atoms with E-state index in [-0.39, 0.29) is 12.5 Å². The highest BCUT2D eigenvalue weighted by Gasteiger charge is 2.22. The first-order valence-electron chi connectivity index (χ1n) is 4.79. The first-order chi connectivity index (χ1) is 7.29. The molecule has 15 heavy (non-hydrogen) atoms. The van der Waals surface area contributed by atoms with Crippen LogP contribution in [-0.4, -0.2) is 38.5 Å². The Bertz CT molecular complexity index is 350. The molecule has 82 valence electrons. The zero-order valence-electron chi connectivity index (χ0n) is 8.42. The molecule has 0 amide bonds. The van der Waals surface area contributed by atoms with Gasteiger partial charge in [0.25, 0.3) is 0 Å². The Kier molecular flexibility index (Phi) is 3.20. The van der Waals surface area contributed by atoms with Crippen molar-refractivity contribution in [3.05, 3.63) is 0 Å². The zero-order valence-corrected chi connectivity index (χ0v) is 9.24. The first kappa shape index (κ1) is 10.4. The highest BCUT2D eigenvalue weighted by Crippen LogP contribution is 2.34. The van der Waals surface area contributed by atoms with Gasteiger partial charge in [-0.2, -0.15) is 0 Å². The Morgan fingerprint density at radius 2 is 2.47 bits per heavy atom. The van der Waals surface area contributed by atoms with Crippen molar-refractivity contribution in [2.75, 3.05) is 7.11 Å². The molecule has 1 aromatic rings. The van der Waals surface area contributed by atoms with Crippen LogP contribution in [0.2, 0.25) is 0 Å². The maximum Gasteiger partial charge on any atom is 0.327 e. The smallest absolute Gasteiger partial charge is 0.327 e. The van der Waals surface area contributed by atoms with Crippen molar-refractivity contribution in [1.29, 1.82) is 0 Å². The molecular weight excluding hydrogens is 216 g/mol. The van der Waals surface area contributed by atoms with E-state index in [4.69, 9.17) is 0 Å². The van der Waals surface area contributed by atoms with E-state index in [0.29, 0.717) is 10.4 Å². The van der Waals surface area contributed by atoms with Gasteiger partial charge in [-0.05, 0) is 23.3 Å². The van der Waals surface area contributed by atoms with Gasteiger partial charge in [-0.15, -0.1) is 5.10 Å². The maximum atomic E-state index is 11.1. The van der Waals surface area contributed by atoms with Crippen molar-refractivity contribution < 1.29 is 9.53 Å². The molecule has 0 saturated heterocycles. The fourth-order valence-electron chi connectivity index (χ4n) is 1.20. The van der Waals surface area contributed by atoms with Gasteiger partial charge in [-0.1, -0.05) is 18.2 Å². The average Bonchev–Trinajstić information content (AvgIpc) is 2.59. The predicted molar refractivity (Wildman–Crippen MR) is 53.3 cm³/mol. The summed E-state index contributed by atoms with van der Waals surface area (Å²) in [5.41, 5.74) is 0. The summed E-state index contributed by atoms with van der Waals surface area (Å²) in [5, 5.41) is 12.5. The van der Waals surface area contributed by atoms with Crippen LogP contribution in [0.15, 0.2) is 5.16 Å². The van der Waals surface area contributed by atoms with Crippen molar-refractivity contribution in [3.63, 3.8) is 0 Å². The van der Waals surface area contributed by atoms with Crippen LogP contribution in [0.4, 0.5) is 0 Å². The largest absolute Gasteiger partial charge is 0.468 e. The quantitative estimate of drug-likeness (QED) is 0.698. The monoisotopic (exact) mass is 228 g/mol. The van der Waals surface area contributed by atoms with Crippen LogP contribution in [0.5, 0.6) is 0 Å².